The molecule has 2 heterocycles. The number of carbonyl (C=O) groups is 1. The Bertz CT molecular complexity index is 411. The first-order valence-electron chi connectivity index (χ1n) is 5.44. The maximum Gasteiger partial charge on any atom is 0.252 e. The molecule has 17 heavy (non-hydrogen) atoms. The van der Waals surface area contributed by atoms with Crippen LogP contribution in [0.1, 0.15) is 10.4 Å². The molecule has 92 valence electrons. The molecule has 2 rings (SSSR count). The predicted molar refractivity (Wildman–Crippen MR) is 61.8 cm³/mol. The number of amides is 1. The molecule has 0 aliphatic carbocycles. The number of aliphatic hydroxyl groups excluding tert-OH is 1. The fraction of sp³-hybridized carbons (Fsp3) is 0.455. The molecular weight excluding hydrogens is 222 g/mol. The van der Waals surface area contributed by atoms with Crippen LogP contribution in [0.5, 0.6) is 0 Å². The zero-order valence-corrected chi connectivity index (χ0v) is 9.37. The molecule has 1 aromatic rings. The quantitative estimate of drug-likeness (QED) is 0.731. The van der Waals surface area contributed by atoms with Crippen LogP contribution in [-0.4, -0.2) is 48.4 Å². The Morgan fingerprint density at radius 3 is 3.24 bits per heavy atom. The van der Waals surface area contributed by atoms with E-state index in [0.717, 1.165) is 0 Å². The first-order chi connectivity index (χ1) is 8.22. The van der Waals surface area contributed by atoms with Crippen molar-refractivity contribution in [1.82, 2.24) is 4.98 Å². The fourth-order valence-electron chi connectivity index (χ4n) is 1.86. The highest BCUT2D eigenvalue weighted by molar-refractivity contribution is 5.97. The number of carbonyl (C=O) groups excluding carboxylic acids is 1. The van der Waals surface area contributed by atoms with Gasteiger partial charge in [0.25, 0.3) is 5.91 Å². The Kier molecular flexibility index (Phi) is 3.55. The van der Waals surface area contributed by atoms with E-state index in [1.807, 2.05) is 4.90 Å². The number of hydrogen-bond acceptors (Lipinski definition) is 5. The lowest BCUT2D eigenvalue weighted by Crippen LogP contribution is -2.45. The summed E-state index contributed by atoms with van der Waals surface area (Å²) in [6.45, 7) is 1.59. The van der Waals surface area contributed by atoms with E-state index in [2.05, 4.69) is 4.98 Å². The number of rotatable bonds is 3. The van der Waals surface area contributed by atoms with E-state index in [4.69, 9.17) is 15.6 Å². The first kappa shape index (κ1) is 11.8. The summed E-state index contributed by atoms with van der Waals surface area (Å²) in [5, 5.41) is 9.07. The van der Waals surface area contributed by atoms with E-state index in [1.165, 1.54) is 0 Å². The molecule has 1 amide bonds. The van der Waals surface area contributed by atoms with Crippen LogP contribution in [0.15, 0.2) is 18.3 Å². The molecule has 1 unspecified atom stereocenters. The van der Waals surface area contributed by atoms with Crippen LogP contribution in [0.25, 0.3) is 0 Å². The van der Waals surface area contributed by atoms with Gasteiger partial charge in [-0.25, -0.2) is 4.98 Å². The van der Waals surface area contributed by atoms with Crippen LogP contribution in [0.2, 0.25) is 0 Å². The van der Waals surface area contributed by atoms with Gasteiger partial charge in [-0.05, 0) is 12.1 Å². The van der Waals surface area contributed by atoms with Crippen molar-refractivity contribution in [3.63, 3.8) is 0 Å². The Labute approximate surface area is 99.0 Å². The Hall–Kier alpha value is -1.66. The number of nitrogens with two attached hydrogens (primary N) is 1. The molecule has 0 aromatic carbocycles. The molecule has 6 nitrogen and oxygen atoms in total. The van der Waals surface area contributed by atoms with Crippen LogP contribution in [-0.2, 0) is 4.74 Å². The maximum atomic E-state index is 11.3. The van der Waals surface area contributed by atoms with Gasteiger partial charge in [-0.15, -0.1) is 0 Å². The highest BCUT2D eigenvalue weighted by atomic mass is 16.5. The highest BCUT2D eigenvalue weighted by Gasteiger charge is 2.23. The average molecular weight is 237 g/mol. The topological polar surface area (TPSA) is 88.7 Å². The number of aliphatic hydroxyl groups is 1. The van der Waals surface area contributed by atoms with E-state index in [-0.39, 0.29) is 12.7 Å². The van der Waals surface area contributed by atoms with E-state index in [0.29, 0.717) is 31.1 Å². The standard InChI is InChI=1S/C11H15N3O3/c12-10(16)9-2-1-3-13-11(9)14-4-5-17-8(6-14)7-15/h1-3,8,15H,4-7H2,(H2,12,16). The summed E-state index contributed by atoms with van der Waals surface area (Å²) in [5.41, 5.74) is 5.70. The van der Waals surface area contributed by atoms with Crippen molar-refractivity contribution in [1.29, 1.82) is 0 Å². The second-order valence-electron chi connectivity index (χ2n) is 3.86. The summed E-state index contributed by atoms with van der Waals surface area (Å²) >= 11 is 0. The van der Waals surface area contributed by atoms with Crippen molar-refractivity contribution in [3.8, 4) is 0 Å². The van der Waals surface area contributed by atoms with Gasteiger partial charge in [0.2, 0.25) is 0 Å². The number of pyridine rings is 1. The van der Waals surface area contributed by atoms with Gasteiger partial charge in [-0.2, -0.15) is 0 Å². The third-order valence-electron chi connectivity index (χ3n) is 2.69. The van der Waals surface area contributed by atoms with Gasteiger partial charge in [0.15, 0.2) is 0 Å². The Morgan fingerprint density at radius 2 is 2.53 bits per heavy atom. The van der Waals surface area contributed by atoms with Crippen molar-refractivity contribution in [2.45, 2.75) is 6.10 Å². The monoisotopic (exact) mass is 237 g/mol. The van der Waals surface area contributed by atoms with E-state index < -0.39 is 5.91 Å². The number of morpholine rings is 1. The van der Waals surface area contributed by atoms with Gasteiger partial charge in [-0.1, -0.05) is 0 Å². The van der Waals surface area contributed by atoms with Gasteiger partial charge < -0.3 is 20.5 Å². The average Bonchev–Trinajstić information content (AvgIpc) is 2.39. The number of primary amides is 1. The summed E-state index contributed by atoms with van der Waals surface area (Å²) in [7, 11) is 0. The number of anilines is 1. The summed E-state index contributed by atoms with van der Waals surface area (Å²) in [5.74, 6) is 0.0573. The smallest absolute Gasteiger partial charge is 0.252 e. The molecule has 0 spiro atoms. The van der Waals surface area contributed by atoms with Gasteiger partial charge in [-0.3, -0.25) is 4.79 Å². The summed E-state index contributed by atoms with van der Waals surface area (Å²) in [6.07, 6.45) is 1.37. The molecule has 0 radical (unpaired) electrons. The number of hydrogen-bond donors (Lipinski definition) is 2. The van der Waals surface area contributed by atoms with Crippen LogP contribution in [0, 0.1) is 0 Å². The predicted octanol–water partition coefficient (Wildman–Crippen LogP) is -0.622. The molecule has 1 saturated heterocycles. The third-order valence-corrected chi connectivity index (χ3v) is 2.69. The largest absolute Gasteiger partial charge is 0.394 e. The van der Waals surface area contributed by atoms with Crippen molar-refractivity contribution < 1.29 is 14.6 Å². The molecule has 3 N–H and O–H groups in total. The molecular formula is C11H15N3O3. The van der Waals surface area contributed by atoms with Crippen molar-refractivity contribution in [2.75, 3.05) is 31.2 Å². The minimum Gasteiger partial charge on any atom is -0.394 e. The normalized spacial score (nSPS) is 20.3. The lowest BCUT2D eigenvalue weighted by atomic mass is 10.2. The number of nitrogens with zero attached hydrogens (tertiary/aromatic N) is 2. The third kappa shape index (κ3) is 2.54. The van der Waals surface area contributed by atoms with E-state index in [1.54, 1.807) is 18.3 Å². The van der Waals surface area contributed by atoms with Crippen LogP contribution in [0.3, 0.4) is 0 Å². The molecule has 0 bridgehead atoms. The van der Waals surface area contributed by atoms with Gasteiger partial charge in [0.05, 0.1) is 24.9 Å². The molecule has 1 aliphatic heterocycles. The Morgan fingerprint density at radius 1 is 1.71 bits per heavy atom. The summed E-state index contributed by atoms with van der Waals surface area (Å²) < 4.78 is 5.34. The molecule has 1 aromatic heterocycles. The lowest BCUT2D eigenvalue weighted by Gasteiger charge is -2.33. The Balaban J connectivity index is 2.24. The van der Waals surface area contributed by atoms with E-state index >= 15 is 0 Å². The minimum absolute atomic E-state index is 0.0464. The molecule has 1 atom stereocenters. The number of aromatic nitrogens is 1. The zero-order valence-electron chi connectivity index (χ0n) is 9.37. The van der Waals surface area contributed by atoms with Crippen LogP contribution >= 0.6 is 0 Å². The molecule has 6 heteroatoms. The fourth-order valence-corrected chi connectivity index (χ4v) is 1.86. The first-order valence-corrected chi connectivity index (χ1v) is 5.44. The molecule has 0 saturated carbocycles. The second kappa shape index (κ2) is 5.11. The van der Waals surface area contributed by atoms with Crippen LogP contribution in [0.4, 0.5) is 5.82 Å². The van der Waals surface area contributed by atoms with Gasteiger partial charge in [0, 0.05) is 19.3 Å². The van der Waals surface area contributed by atoms with Crippen LogP contribution < -0.4 is 10.6 Å². The molecule has 1 aliphatic rings. The SMILES string of the molecule is NC(=O)c1cccnc1N1CCOC(CO)C1. The maximum absolute atomic E-state index is 11.3. The van der Waals surface area contributed by atoms with Crippen molar-refractivity contribution in [3.05, 3.63) is 23.9 Å². The minimum atomic E-state index is -0.500. The van der Waals surface area contributed by atoms with Crippen molar-refractivity contribution >= 4 is 11.7 Å². The van der Waals surface area contributed by atoms with Gasteiger partial charge >= 0.3 is 0 Å². The lowest BCUT2D eigenvalue weighted by molar-refractivity contribution is 0.00332. The number of ether oxygens (including phenoxy) is 1. The molecule has 1 fully saturated rings. The van der Waals surface area contributed by atoms with Gasteiger partial charge in [0.1, 0.15) is 5.82 Å². The summed E-state index contributed by atoms with van der Waals surface area (Å²) in [4.78, 5) is 17.4. The van der Waals surface area contributed by atoms with Crippen molar-refractivity contribution in [2.24, 2.45) is 5.73 Å². The highest BCUT2D eigenvalue weighted by Crippen LogP contribution is 2.19. The zero-order chi connectivity index (χ0) is 12.3. The second-order valence-corrected chi connectivity index (χ2v) is 3.86. The van der Waals surface area contributed by atoms with E-state index in [9.17, 15) is 4.79 Å². The summed E-state index contributed by atoms with van der Waals surface area (Å²) in [6, 6.07) is 3.32.